The molecule has 0 aliphatic carbocycles. The van der Waals surface area contributed by atoms with Gasteiger partial charge in [-0.2, -0.15) is 0 Å². The maximum Gasteiger partial charge on any atom is 0.0693 e. The second-order valence-corrected chi connectivity index (χ2v) is 5.09. The first-order valence-electron chi connectivity index (χ1n) is 4.88. The van der Waals surface area contributed by atoms with E-state index in [2.05, 4.69) is 26.1 Å². The van der Waals surface area contributed by atoms with Gasteiger partial charge in [0.25, 0.3) is 0 Å². The van der Waals surface area contributed by atoms with Crippen molar-refractivity contribution in [3.05, 3.63) is 0 Å². The fraction of sp³-hybridized carbons (Fsp3) is 1.00. The van der Waals surface area contributed by atoms with Crippen LogP contribution >= 0.6 is 0 Å². The van der Waals surface area contributed by atoms with Gasteiger partial charge < -0.3 is 10.4 Å². The lowest BCUT2D eigenvalue weighted by atomic mass is 9.79. The zero-order valence-corrected chi connectivity index (χ0v) is 8.43. The second-order valence-electron chi connectivity index (χ2n) is 5.09. The molecular weight excluding hydrogens is 150 g/mol. The van der Waals surface area contributed by atoms with E-state index in [9.17, 15) is 5.11 Å². The van der Waals surface area contributed by atoms with Crippen LogP contribution in [0.15, 0.2) is 0 Å². The first-order valence-corrected chi connectivity index (χ1v) is 4.88. The molecule has 1 aliphatic rings. The van der Waals surface area contributed by atoms with Gasteiger partial charge >= 0.3 is 0 Å². The summed E-state index contributed by atoms with van der Waals surface area (Å²) in [7, 11) is 0. The topological polar surface area (TPSA) is 32.3 Å². The van der Waals surface area contributed by atoms with Gasteiger partial charge in [-0.3, -0.25) is 0 Å². The molecule has 2 atom stereocenters. The summed E-state index contributed by atoms with van der Waals surface area (Å²) in [5.74, 6) is 0.506. The summed E-state index contributed by atoms with van der Waals surface area (Å²) in [5.41, 5.74) is 0.350. The van der Waals surface area contributed by atoms with Gasteiger partial charge in [-0.25, -0.2) is 0 Å². The number of aliphatic hydroxyl groups is 1. The lowest BCUT2D eigenvalue weighted by molar-refractivity contribution is 0.0579. The highest BCUT2D eigenvalue weighted by Gasteiger charge is 2.26. The predicted octanol–water partition coefficient (Wildman–Crippen LogP) is 1.39. The molecule has 0 aromatic rings. The van der Waals surface area contributed by atoms with Crippen LogP contribution in [0.25, 0.3) is 0 Å². The molecule has 1 heterocycles. The minimum absolute atomic E-state index is 0.127. The van der Waals surface area contributed by atoms with Crippen molar-refractivity contribution >= 4 is 0 Å². The van der Waals surface area contributed by atoms with Crippen molar-refractivity contribution in [3.8, 4) is 0 Å². The third-order valence-corrected chi connectivity index (χ3v) is 2.46. The normalized spacial score (nSPS) is 32.0. The van der Waals surface area contributed by atoms with Crippen molar-refractivity contribution in [2.75, 3.05) is 13.1 Å². The largest absolute Gasteiger partial charge is 0.392 e. The molecule has 0 aromatic heterocycles. The highest BCUT2D eigenvalue weighted by molar-refractivity contribution is 4.80. The Hall–Kier alpha value is -0.0800. The monoisotopic (exact) mass is 171 g/mol. The van der Waals surface area contributed by atoms with Crippen LogP contribution in [-0.2, 0) is 0 Å². The molecule has 72 valence electrons. The predicted molar refractivity (Wildman–Crippen MR) is 51.1 cm³/mol. The average Bonchev–Trinajstić information content (AvgIpc) is 1.91. The summed E-state index contributed by atoms with van der Waals surface area (Å²) in [6.07, 6.45) is 2.13. The summed E-state index contributed by atoms with van der Waals surface area (Å²) in [4.78, 5) is 0. The first-order chi connectivity index (χ1) is 5.49. The standard InChI is InChI=1S/C10H21NO/c1-10(2,3)6-8-4-5-11-7-9(8)12/h8-9,11-12H,4-7H2,1-3H3/t8?,9-/m0/s1. The van der Waals surface area contributed by atoms with Crippen molar-refractivity contribution in [3.63, 3.8) is 0 Å². The zero-order chi connectivity index (χ0) is 9.19. The summed E-state index contributed by atoms with van der Waals surface area (Å²) < 4.78 is 0. The van der Waals surface area contributed by atoms with E-state index < -0.39 is 0 Å². The molecule has 1 unspecified atom stereocenters. The number of hydrogen-bond donors (Lipinski definition) is 2. The minimum atomic E-state index is -0.127. The molecule has 0 aromatic carbocycles. The highest BCUT2D eigenvalue weighted by Crippen LogP contribution is 2.29. The van der Waals surface area contributed by atoms with Crippen LogP contribution in [-0.4, -0.2) is 24.3 Å². The quantitative estimate of drug-likeness (QED) is 0.625. The van der Waals surface area contributed by atoms with Crippen LogP contribution in [0.1, 0.15) is 33.6 Å². The summed E-state index contributed by atoms with van der Waals surface area (Å²) in [6.45, 7) is 8.56. The molecule has 0 bridgehead atoms. The molecule has 2 N–H and O–H groups in total. The fourth-order valence-electron chi connectivity index (χ4n) is 1.92. The van der Waals surface area contributed by atoms with Crippen molar-refractivity contribution in [2.45, 2.75) is 39.7 Å². The first kappa shape index (κ1) is 10.0. The summed E-state index contributed by atoms with van der Waals surface area (Å²) >= 11 is 0. The Bertz CT molecular complexity index is 139. The Labute approximate surface area is 75.4 Å². The van der Waals surface area contributed by atoms with E-state index in [4.69, 9.17) is 0 Å². The zero-order valence-electron chi connectivity index (χ0n) is 8.43. The van der Waals surface area contributed by atoms with Crippen molar-refractivity contribution in [2.24, 2.45) is 11.3 Å². The van der Waals surface area contributed by atoms with Gasteiger partial charge in [-0.1, -0.05) is 20.8 Å². The molecule has 1 fully saturated rings. The average molecular weight is 171 g/mol. The van der Waals surface area contributed by atoms with E-state index in [1.54, 1.807) is 0 Å². The van der Waals surface area contributed by atoms with Crippen LogP contribution in [0.2, 0.25) is 0 Å². The lowest BCUT2D eigenvalue weighted by Gasteiger charge is -2.33. The van der Waals surface area contributed by atoms with Gasteiger partial charge in [-0.15, -0.1) is 0 Å². The van der Waals surface area contributed by atoms with Gasteiger partial charge in [0.2, 0.25) is 0 Å². The number of piperidine rings is 1. The molecular formula is C10H21NO. The number of aliphatic hydroxyl groups excluding tert-OH is 1. The molecule has 0 saturated carbocycles. The van der Waals surface area contributed by atoms with E-state index in [0.29, 0.717) is 11.3 Å². The van der Waals surface area contributed by atoms with Crippen molar-refractivity contribution in [1.82, 2.24) is 5.32 Å². The highest BCUT2D eigenvalue weighted by atomic mass is 16.3. The van der Waals surface area contributed by atoms with Crippen LogP contribution in [0, 0.1) is 11.3 Å². The van der Waals surface area contributed by atoms with Crippen molar-refractivity contribution in [1.29, 1.82) is 0 Å². The van der Waals surface area contributed by atoms with E-state index in [-0.39, 0.29) is 6.10 Å². The Morgan fingerprint density at radius 3 is 2.58 bits per heavy atom. The second kappa shape index (κ2) is 3.75. The summed E-state index contributed by atoms with van der Waals surface area (Å²) in [5, 5.41) is 12.9. The summed E-state index contributed by atoms with van der Waals surface area (Å²) in [6, 6.07) is 0. The Balaban J connectivity index is 2.39. The van der Waals surface area contributed by atoms with Crippen molar-refractivity contribution < 1.29 is 5.11 Å². The molecule has 1 saturated heterocycles. The van der Waals surface area contributed by atoms with E-state index in [1.165, 1.54) is 0 Å². The van der Waals surface area contributed by atoms with E-state index in [1.807, 2.05) is 0 Å². The Morgan fingerprint density at radius 1 is 1.42 bits per heavy atom. The third-order valence-electron chi connectivity index (χ3n) is 2.46. The molecule has 0 amide bonds. The van der Waals surface area contributed by atoms with Crippen LogP contribution in [0.5, 0.6) is 0 Å². The van der Waals surface area contributed by atoms with Crippen LogP contribution in [0.3, 0.4) is 0 Å². The third kappa shape index (κ3) is 3.11. The minimum Gasteiger partial charge on any atom is -0.392 e. The van der Waals surface area contributed by atoms with Crippen LogP contribution < -0.4 is 5.32 Å². The maximum absolute atomic E-state index is 9.67. The SMILES string of the molecule is CC(C)(C)CC1CCNC[C@@H]1O. The Morgan fingerprint density at radius 2 is 2.08 bits per heavy atom. The fourth-order valence-corrected chi connectivity index (χ4v) is 1.92. The van der Waals surface area contributed by atoms with E-state index in [0.717, 1.165) is 25.9 Å². The van der Waals surface area contributed by atoms with Gasteiger partial charge in [0.1, 0.15) is 0 Å². The van der Waals surface area contributed by atoms with Gasteiger partial charge in [0, 0.05) is 6.54 Å². The molecule has 12 heavy (non-hydrogen) atoms. The Kier molecular flexibility index (Phi) is 3.13. The molecule has 2 nitrogen and oxygen atoms in total. The van der Waals surface area contributed by atoms with E-state index >= 15 is 0 Å². The molecule has 0 spiro atoms. The van der Waals surface area contributed by atoms with Gasteiger partial charge in [-0.05, 0) is 30.7 Å². The number of β-amino-alcohol motifs (C(OH)–C–C–N with tert-alkyl or cyclic N) is 1. The van der Waals surface area contributed by atoms with Gasteiger partial charge in [0.15, 0.2) is 0 Å². The lowest BCUT2D eigenvalue weighted by Crippen LogP contribution is -2.41. The smallest absolute Gasteiger partial charge is 0.0693 e. The molecule has 1 aliphatic heterocycles. The molecule has 0 radical (unpaired) electrons. The number of hydrogen-bond acceptors (Lipinski definition) is 2. The molecule has 2 heteroatoms. The maximum atomic E-state index is 9.67. The van der Waals surface area contributed by atoms with Gasteiger partial charge in [0.05, 0.1) is 6.10 Å². The number of rotatable bonds is 1. The van der Waals surface area contributed by atoms with Crippen LogP contribution in [0.4, 0.5) is 0 Å². The number of nitrogens with one attached hydrogen (secondary N) is 1. The molecule has 1 rings (SSSR count).